The molecule has 164 valence electrons. The molecule has 0 N–H and O–H groups in total. The minimum atomic E-state index is -0.600. The lowest BCUT2D eigenvalue weighted by Gasteiger charge is -2.19. The highest BCUT2D eigenvalue weighted by Gasteiger charge is 2.37. The van der Waals surface area contributed by atoms with Crippen LogP contribution in [-0.2, 0) is 23.9 Å². The van der Waals surface area contributed by atoms with E-state index in [0.29, 0.717) is 28.1 Å². The summed E-state index contributed by atoms with van der Waals surface area (Å²) in [7, 11) is 2.52. The van der Waals surface area contributed by atoms with Crippen molar-refractivity contribution >= 4 is 58.7 Å². The zero-order valence-corrected chi connectivity index (χ0v) is 20.0. The number of unbranched alkanes of at least 4 members (excludes halogenated alkanes) is 2. The van der Waals surface area contributed by atoms with Crippen LogP contribution in [0.1, 0.15) is 39.5 Å². The molecule has 0 saturated carbocycles. The van der Waals surface area contributed by atoms with Crippen LogP contribution in [0.3, 0.4) is 0 Å². The zero-order chi connectivity index (χ0) is 22.3. The molecule has 0 aromatic heterocycles. The second-order valence-corrected chi connectivity index (χ2v) is 9.21. The first kappa shape index (κ1) is 24.5. The molecule has 0 spiro atoms. The third kappa shape index (κ3) is 5.47. The highest BCUT2D eigenvalue weighted by Crippen LogP contribution is 2.50. The minimum Gasteiger partial charge on any atom is -0.465 e. The Bertz CT molecular complexity index is 789. The Kier molecular flexibility index (Phi) is 9.44. The molecule has 30 heavy (non-hydrogen) atoms. The molecule has 1 fully saturated rings. The second-order valence-electron chi connectivity index (χ2n) is 6.48. The SMILES string of the molecule is CCCCN1C(=O)/C(=C\C=C2SC(C(=O)OC)=C(C(=O)OC)S2)N(CCCC)C1=S. The Balaban J connectivity index is 2.29. The molecule has 2 aliphatic heterocycles. The van der Waals surface area contributed by atoms with E-state index in [9.17, 15) is 14.4 Å². The van der Waals surface area contributed by atoms with Crippen molar-refractivity contribution in [3.05, 3.63) is 31.9 Å². The van der Waals surface area contributed by atoms with Crippen LogP contribution >= 0.6 is 35.7 Å². The fourth-order valence-electron chi connectivity index (χ4n) is 2.78. The number of ether oxygens (including phenoxy) is 2. The highest BCUT2D eigenvalue weighted by atomic mass is 32.2. The smallest absolute Gasteiger partial charge is 0.346 e. The number of nitrogens with zero attached hydrogens (tertiary/aromatic N) is 2. The van der Waals surface area contributed by atoms with Crippen molar-refractivity contribution in [3.8, 4) is 0 Å². The summed E-state index contributed by atoms with van der Waals surface area (Å²) in [4.78, 5) is 40.9. The average molecular weight is 471 g/mol. The molecular formula is C20H26N2O5S3. The van der Waals surface area contributed by atoms with E-state index in [1.807, 2.05) is 4.90 Å². The van der Waals surface area contributed by atoms with Gasteiger partial charge in [0, 0.05) is 13.1 Å². The van der Waals surface area contributed by atoms with Gasteiger partial charge in [0.25, 0.3) is 5.91 Å². The first-order valence-corrected chi connectivity index (χ1v) is 11.8. The summed E-state index contributed by atoms with van der Waals surface area (Å²) in [5, 5.41) is 0.530. The number of allylic oxidation sites excluding steroid dienone is 2. The van der Waals surface area contributed by atoms with Crippen molar-refractivity contribution in [2.24, 2.45) is 0 Å². The highest BCUT2D eigenvalue weighted by molar-refractivity contribution is 8.29. The van der Waals surface area contributed by atoms with Crippen LogP contribution in [0.5, 0.6) is 0 Å². The van der Waals surface area contributed by atoms with E-state index in [2.05, 4.69) is 13.8 Å². The van der Waals surface area contributed by atoms with E-state index in [1.165, 1.54) is 14.2 Å². The Hall–Kier alpha value is -1.78. The summed E-state index contributed by atoms with van der Waals surface area (Å²) in [5.41, 5.74) is 0.504. The molecule has 0 aliphatic carbocycles. The van der Waals surface area contributed by atoms with Crippen molar-refractivity contribution in [3.63, 3.8) is 0 Å². The number of carbonyl (C=O) groups is 3. The van der Waals surface area contributed by atoms with E-state index in [-0.39, 0.29) is 15.7 Å². The Morgan fingerprint density at radius 1 is 0.933 bits per heavy atom. The summed E-state index contributed by atoms with van der Waals surface area (Å²) in [6.45, 7) is 5.41. The Labute approximate surface area is 190 Å². The maximum atomic E-state index is 13.0. The number of thioether (sulfide) groups is 2. The van der Waals surface area contributed by atoms with Gasteiger partial charge in [-0.3, -0.25) is 9.69 Å². The van der Waals surface area contributed by atoms with Crippen molar-refractivity contribution < 1.29 is 23.9 Å². The van der Waals surface area contributed by atoms with Gasteiger partial charge in [-0.1, -0.05) is 50.2 Å². The van der Waals surface area contributed by atoms with Crippen LogP contribution in [0.2, 0.25) is 0 Å². The van der Waals surface area contributed by atoms with Crippen LogP contribution in [0.15, 0.2) is 31.9 Å². The molecule has 2 heterocycles. The molecule has 2 aliphatic rings. The van der Waals surface area contributed by atoms with E-state index < -0.39 is 11.9 Å². The maximum Gasteiger partial charge on any atom is 0.346 e. The maximum absolute atomic E-state index is 13.0. The molecular weight excluding hydrogens is 444 g/mol. The molecule has 0 aromatic carbocycles. The first-order chi connectivity index (χ1) is 14.4. The minimum absolute atomic E-state index is 0.122. The van der Waals surface area contributed by atoms with Gasteiger partial charge in [-0.05, 0) is 37.2 Å². The van der Waals surface area contributed by atoms with Crippen molar-refractivity contribution in [2.45, 2.75) is 39.5 Å². The third-order valence-corrected chi connectivity index (χ3v) is 7.31. The van der Waals surface area contributed by atoms with E-state index in [4.69, 9.17) is 21.7 Å². The molecule has 10 heteroatoms. The van der Waals surface area contributed by atoms with Gasteiger partial charge in [0.15, 0.2) is 5.11 Å². The third-order valence-electron chi connectivity index (χ3n) is 4.42. The van der Waals surface area contributed by atoms with Crippen molar-refractivity contribution in [1.29, 1.82) is 0 Å². The molecule has 0 aromatic rings. The predicted octanol–water partition coefficient (Wildman–Crippen LogP) is 3.78. The first-order valence-electron chi connectivity index (χ1n) is 9.71. The normalized spacial score (nSPS) is 18.0. The fourth-order valence-corrected chi connectivity index (χ4v) is 5.42. The van der Waals surface area contributed by atoms with Crippen LogP contribution in [0.4, 0.5) is 0 Å². The van der Waals surface area contributed by atoms with Gasteiger partial charge in [0.1, 0.15) is 15.5 Å². The van der Waals surface area contributed by atoms with Gasteiger partial charge in [0.2, 0.25) is 0 Å². The molecule has 0 atom stereocenters. The number of rotatable bonds is 9. The van der Waals surface area contributed by atoms with Gasteiger partial charge >= 0.3 is 11.9 Å². The summed E-state index contributed by atoms with van der Waals surface area (Å²) in [6.07, 6.45) is 7.18. The average Bonchev–Trinajstić information content (AvgIpc) is 3.27. The van der Waals surface area contributed by atoms with E-state index in [0.717, 1.165) is 49.2 Å². The number of hydrogen-bond acceptors (Lipinski definition) is 8. The number of esters is 2. The zero-order valence-electron chi connectivity index (χ0n) is 17.6. The van der Waals surface area contributed by atoms with Gasteiger partial charge in [0.05, 0.1) is 18.5 Å². The molecule has 1 saturated heterocycles. The van der Waals surface area contributed by atoms with Gasteiger partial charge in [-0.25, -0.2) is 9.59 Å². The number of amides is 1. The molecule has 0 unspecified atom stereocenters. The largest absolute Gasteiger partial charge is 0.465 e. The summed E-state index contributed by atoms with van der Waals surface area (Å²) < 4.78 is 10.2. The quantitative estimate of drug-likeness (QED) is 0.284. The van der Waals surface area contributed by atoms with Gasteiger partial charge in [-0.15, -0.1) is 0 Å². The molecule has 0 bridgehead atoms. The summed E-state index contributed by atoms with van der Waals surface area (Å²) >= 11 is 7.80. The molecule has 0 radical (unpaired) electrons. The summed E-state index contributed by atoms with van der Waals surface area (Å²) in [6, 6.07) is 0. The van der Waals surface area contributed by atoms with E-state index in [1.54, 1.807) is 17.1 Å². The lowest BCUT2D eigenvalue weighted by Crippen LogP contribution is -2.33. The number of carbonyl (C=O) groups excluding carboxylic acids is 3. The lowest BCUT2D eigenvalue weighted by atomic mass is 10.3. The van der Waals surface area contributed by atoms with Crippen LogP contribution in [0, 0.1) is 0 Å². The van der Waals surface area contributed by atoms with Crippen molar-refractivity contribution in [2.75, 3.05) is 27.3 Å². The van der Waals surface area contributed by atoms with Gasteiger partial charge in [-0.2, -0.15) is 0 Å². The lowest BCUT2D eigenvalue weighted by molar-refractivity contribution is -0.138. The number of thiocarbonyl (C=S) groups is 1. The van der Waals surface area contributed by atoms with Crippen LogP contribution in [-0.4, -0.2) is 60.1 Å². The topological polar surface area (TPSA) is 76.1 Å². The fraction of sp³-hybridized carbons (Fsp3) is 0.500. The molecule has 2 rings (SSSR count). The van der Waals surface area contributed by atoms with E-state index >= 15 is 0 Å². The molecule has 7 nitrogen and oxygen atoms in total. The monoisotopic (exact) mass is 470 g/mol. The summed E-state index contributed by atoms with van der Waals surface area (Å²) in [5.74, 6) is -1.32. The number of methoxy groups -OCH3 is 2. The Morgan fingerprint density at radius 3 is 1.90 bits per heavy atom. The van der Waals surface area contributed by atoms with Gasteiger partial charge < -0.3 is 14.4 Å². The molecule has 1 amide bonds. The standard InChI is InChI=1S/C20H26N2O5S3/c1-5-7-11-21-13(17(23)22(20(21)28)12-8-6-2)9-10-14-29-15(18(24)26-3)16(30-14)19(25)27-4/h9-10H,5-8,11-12H2,1-4H3/b13-9+. The second kappa shape index (κ2) is 11.6. The predicted molar refractivity (Wildman–Crippen MR) is 123 cm³/mol. The Morgan fingerprint density at radius 2 is 1.43 bits per heavy atom. The van der Waals surface area contributed by atoms with Crippen LogP contribution < -0.4 is 0 Å². The van der Waals surface area contributed by atoms with Crippen molar-refractivity contribution in [1.82, 2.24) is 9.80 Å². The number of hydrogen-bond donors (Lipinski definition) is 0. The van der Waals surface area contributed by atoms with Crippen LogP contribution in [0.25, 0.3) is 0 Å².